The molecular weight excluding hydrogens is 397 g/mol. The zero-order valence-electron chi connectivity index (χ0n) is 15.6. The molecule has 0 radical (unpaired) electrons. The molecule has 0 saturated carbocycles. The first-order valence-corrected chi connectivity index (χ1v) is 10.1. The van der Waals surface area contributed by atoms with Crippen LogP contribution in [0.5, 0.6) is 0 Å². The molecule has 2 aromatic carbocycles. The first-order valence-electron chi connectivity index (χ1n) is 9.31. The summed E-state index contributed by atoms with van der Waals surface area (Å²) in [6.07, 6.45) is 0.236. The number of nitrogens with zero attached hydrogens (tertiary/aromatic N) is 3. The molecule has 0 aliphatic carbocycles. The Morgan fingerprint density at radius 3 is 2.32 bits per heavy atom. The molecule has 1 atom stereocenters. The highest BCUT2D eigenvalue weighted by molar-refractivity contribution is 6.42. The smallest absolute Gasteiger partial charge is 0.251 e. The Labute approximate surface area is 174 Å². The number of halogens is 2. The highest BCUT2D eigenvalue weighted by Gasteiger charge is 2.43. The largest absolute Gasteiger partial charge is 0.369 e. The van der Waals surface area contributed by atoms with E-state index >= 15 is 0 Å². The van der Waals surface area contributed by atoms with E-state index in [-0.39, 0.29) is 24.3 Å². The molecule has 5 nitrogen and oxygen atoms in total. The molecule has 2 aromatic rings. The van der Waals surface area contributed by atoms with Gasteiger partial charge >= 0.3 is 0 Å². The standard InChI is InChI=1S/C21H21Cl2N3O2/c1-14-3-2-4-16(11-14)26-20(27)13-19(21(26)28)25-9-7-24(8-10-25)15-5-6-17(22)18(23)12-15/h2-6,11-12,19H,7-10,13H2,1H3. The molecule has 0 aromatic heterocycles. The first kappa shape index (κ1) is 19.2. The number of hydrogen-bond acceptors (Lipinski definition) is 4. The summed E-state index contributed by atoms with van der Waals surface area (Å²) in [7, 11) is 0. The van der Waals surface area contributed by atoms with Gasteiger partial charge in [0, 0.05) is 31.9 Å². The molecule has 2 aliphatic rings. The minimum absolute atomic E-state index is 0.126. The van der Waals surface area contributed by atoms with Crippen molar-refractivity contribution in [2.45, 2.75) is 19.4 Å². The highest BCUT2D eigenvalue weighted by atomic mass is 35.5. The lowest BCUT2D eigenvalue weighted by atomic mass is 10.1. The molecule has 2 saturated heterocycles. The number of carbonyl (C=O) groups excluding carboxylic acids is 2. The predicted molar refractivity (Wildman–Crippen MR) is 112 cm³/mol. The highest BCUT2D eigenvalue weighted by Crippen LogP contribution is 2.30. The second-order valence-corrected chi connectivity index (χ2v) is 8.06. The van der Waals surface area contributed by atoms with Gasteiger partial charge in [-0.1, -0.05) is 35.3 Å². The lowest BCUT2D eigenvalue weighted by Gasteiger charge is -2.38. The van der Waals surface area contributed by atoms with Crippen molar-refractivity contribution in [3.05, 3.63) is 58.1 Å². The van der Waals surface area contributed by atoms with Gasteiger partial charge in [-0.2, -0.15) is 0 Å². The fraction of sp³-hybridized carbons (Fsp3) is 0.333. The number of benzene rings is 2. The molecule has 28 heavy (non-hydrogen) atoms. The van der Waals surface area contributed by atoms with Crippen molar-refractivity contribution in [1.29, 1.82) is 0 Å². The Balaban J connectivity index is 1.44. The van der Waals surface area contributed by atoms with Crippen LogP contribution in [0.4, 0.5) is 11.4 Å². The van der Waals surface area contributed by atoms with Gasteiger partial charge in [-0.25, -0.2) is 4.90 Å². The Bertz CT molecular complexity index is 926. The molecule has 0 bridgehead atoms. The van der Waals surface area contributed by atoms with Gasteiger partial charge in [0.2, 0.25) is 5.91 Å². The maximum absolute atomic E-state index is 13.0. The zero-order valence-corrected chi connectivity index (χ0v) is 17.1. The van der Waals surface area contributed by atoms with Crippen molar-refractivity contribution >= 4 is 46.4 Å². The molecule has 1 unspecified atom stereocenters. The Morgan fingerprint density at radius 2 is 1.64 bits per heavy atom. The summed E-state index contributed by atoms with van der Waals surface area (Å²) in [5, 5.41) is 1.07. The van der Waals surface area contributed by atoms with Gasteiger partial charge in [0.05, 0.1) is 28.2 Å². The van der Waals surface area contributed by atoms with E-state index in [9.17, 15) is 9.59 Å². The van der Waals surface area contributed by atoms with Crippen molar-refractivity contribution in [1.82, 2.24) is 4.90 Å². The molecule has 2 aliphatic heterocycles. The van der Waals surface area contributed by atoms with Crippen LogP contribution in [-0.4, -0.2) is 48.9 Å². The molecule has 4 rings (SSSR count). The van der Waals surface area contributed by atoms with E-state index < -0.39 is 0 Å². The fourth-order valence-corrected chi connectivity index (χ4v) is 4.21. The number of carbonyl (C=O) groups is 2. The zero-order chi connectivity index (χ0) is 19.8. The molecule has 2 amide bonds. The Morgan fingerprint density at radius 1 is 0.893 bits per heavy atom. The van der Waals surface area contributed by atoms with Crippen LogP contribution < -0.4 is 9.80 Å². The summed E-state index contributed by atoms with van der Waals surface area (Å²) in [4.78, 5) is 31.2. The van der Waals surface area contributed by atoms with Gasteiger partial charge in [0.25, 0.3) is 5.91 Å². The van der Waals surface area contributed by atoms with Crippen molar-refractivity contribution < 1.29 is 9.59 Å². The lowest BCUT2D eigenvalue weighted by Crippen LogP contribution is -2.52. The Kier molecular flexibility index (Phi) is 5.32. The number of amides is 2. The summed E-state index contributed by atoms with van der Waals surface area (Å²) in [5.41, 5.74) is 2.70. The second kappa shape index (κ2) is 7.74. The number of imide groups is 1. The van der Waals surface area contributed by atoms with E-state index in [1.807, 2.05) is 43.3 Å². The molecular formula is C21H21Cl2N3O2. The van der Waals surface area contributed by atoms with Crippen molar-refractivity contribution in [2.24, 2.45) is 0 Å². The summed E-state index contributed by atoms with van der Waals surface area (Å²) in [5.74, 6) is -0.258. The first-order chi connectivity index (χ1) is 13.4. The van der Waals surface area contributed by atoms with Crippen LogP contribution in [0.25, 0.3) is 0 Å². The van der Waals surface area contributed by atoms with E-state index in [0.29, 0.717) is 28.8 Å². The van der Waals surface area contributed by atoms with E-state index in [1.54, 1.807) is 6.07 Å². The summed E-state index contributed by atoms with van der Waals surface area (Å²) in [6, 6.07) is 12.7. The number of piperazine rings is 1. The minimum atomic E-state index is -0.385. The second-order valence-electron chi connectivity index (χ2n) is 7.25. The number of anilines is 2. The summed E-state index contributed by atoms with van der Waals surface area (Å²) >= 11 is 12.1. The molecule has 2 fully saturated rings. The van der Waals surface area contributed by atoms with Crippen molar-refractivity contribution in [2.75, 3.05) is 36.0 Å². The van der Waals surface area contributed by atoms with Crippen LogP contribution in [0, 0.1) is 6.92 Å². The van der Waals surface area contributed by atoms with Crippen LogP contribution in [0.3, 0.4) is 0 Å². The van der Waals surface area contributed by atoms with Gasteiger partial charge in [0.1, 0.15) is 0 Å². The number of rotatable bonds is 3. The molecule has 7 heteroatoms. The quantitative estimate of drug-likeness (QED) is 0.713. The third kappa shape index (κ3) is 3.62. The summed E-state index contributed by atoms with van der Waals surface area (Å²) in [6.45, 7) is 4.91. The van der Waals surface area contributed by atoms with E-state index in [4.69, 9.17) is 23.2 Å². The van der Waals surface area contributed by atoms with Gasteiger partial charge in [-0.3, -0.25) is 14.5 Å². The van der Waals surface area contributed by atoms with Crippen LogP contribution >= 0.6 is 23.2 Å². The van der Waals surface area contributed by atoms with Gasteiger partial charge in [-0.05, 0) is 42.8 Å². The normalized spacial score (nSPS) is 20.9. The van der Waals surface area contributed by atoms with Gasteiger partial charge in [0.15, 0.2) is 0 Å². The summed E-state index contributed by atoms with van der Waals surface area (Å²) < 4.78 is 0. The average molecular weight is 418 g/mol. The third-order valence-corrected chi connectivity index (χ3v) is 6.15. The monoisotopic (exact) mass is 417 g/mol. The molecule has 0 spiro atoms. The lowest BCUT2D eigenvalue weighted by molar-refractivity contribution is -0.123. The predicted octanol–water partition coefficient (Wildman–Crippen LogP) is 3.76. The van der Waals surface area contributed by atoms with Gasteiger partial charge in [-0.15, -0.1) is 0 Å². The maximum Gasteiger partial charge on any atom is 0.251 e. The van der Waals surface area contributed by atoms with Crippen LogP contribution in [-0.2, 0) is 9.59 Å². The molecule has 0 N–H and O–H groups in total. The van der Waals surface area contributed by atoms with E-state index in [1.165, 1.54) is 4.90 Å². The van der Waals surface area contributed by atoms with Gasteiger partial charge < -0.3 is 4.90 Å². The van der Waals surface area contributed by atoms with Crippen LogP contribution in [0.15, 0.2) is 42.5 Å². The minimum Gasteiger partial charge on any atom is -0.369 e. The van der Waals surface area contributed by atoms with Crippen molar-refractivity contribution in [3.63, 3.8) is 0 Å². The topological polar surface area (TPSA) is 43.9 Å². The van der Waals surface area contributed by atoms with Crippen LogP contribution in [0.1, 0.15) is 12.0 Å². The van der Waals surface area contributed by atoms with Crippen LogP contribution in [0.2, 0.25) is 10.0 Å². The SMILES string of the molecule is Cc1cccc(N2C(=O)CC(N3CCN(c4ccc(Cl)c(Cl)c4)CC3)C2=O)c1. The van der Waals surface area contributed by atoms with Crippen molar-refractivity contribution in [3.8, 4) is 0 Å². The molecule has 146 valence electrons. The van der Waals surface area contributed by atoms with E-state index in [0.717, 1.165) is 24.3 Å². The average Bonchev–Trinajstić information content (AvgIpc) is 2.98. The Hall–Kier alpha value is -2.08. The number of aryl methyl sites for hydroxylation is 1. The van der Waals surface area contributed by atoms with E-state index in [2.05, 4.69) is 9.80 Å². The fourth-order valence-electron chi connectivity index (χ4n) is 3.91. The third-order valence-electron chi connectivity index (χ3n) is 5.41. The molecule has 2 heterocycles. The maximum atomic E-state index is 13.0. The number of hydrogen-bond donors (Lipinski definition) is 0.